The molecule has 0 saturated heterocycles. The lowest BCUT2D eigenvalue weighted by molar-refractivity contribution is 0.669. The molecular weight excluding hydrogens is 703 g/mol. The van der Waals surface area contributed by atoms with E-state index >= 15 is 0 Å². The maximum atomic E-state index is 6.70. The number of nitrogens with zero attached hydrogens (tertiary/aromatic N) is 3. The maximum Gasteiger partial charge on any atom is 0.164 e. The molecule has 0 radical (unpaired) electrons. The quantitative estimate of drug-likeness (QED) is 0.171. The van der Waals surface area contributed by atoms with E-state index in [2.05, 4.69) is 140 Å². The molecule has 56 heavy (non-hydrogen) atoms. The Morgan fingerprint density at radius 2 is 0.946 bits per heavy atom. The van der Waals surface area contributed by atoms with Gasteiger partial charge in [-0.2, -0.15) is 0 Å². The molecule has 11 rings (SSSR count). The Hall–Kier alpha value is -7.21. The summed E-state index contributed by atoms with van der Waals surface area (Å²) in [6, 6.07) is 65.6. The molecule has 0 fully saturated rings. The first-order valence-electron chi connectivity index (χ1n) is 18.7. The predicted molar refractivity (Wildman–Crippen MR) is 233 cm³/mol. The van der Waals surface area contributed by atoms with Gasteiger partial charge >= 0.3 is 0 Å². The van der Waals surface area contributed by atoms with Crippen LogP contribution in [0.3, 0.4) is 0 Å². The number of thiophene rings is 1. The summed E-state index contributed by atoms with van der Waals surface area (Å²) in [5, 5.41) is 4.53. The Labute approximate surface area is 327 Å². The van der Waals surface area contributed by atoms with Gasteiger partial charge in [-0.3, -0.25) is 0 Å². The molecule has 3 aromatic heterocycles. The zero-order chi connectivity index (χ0) is 37.0. The summed E-state index contributed by atoms with van der Waals surface area (Å²) in [4.78, 5) is 15.3. The van der Waals surface area contributed by atoms with E-state index in [-0.39, 0.29) is 0 Å². The summed E-state index contributed by atoms with van der Waals surface area (Å²) in [5.74, 6) is 1.83. The maximum absolute atomic E-state index is 6.70. The van der Waals surface area contributed by atoms with Crippen LogP contribution in [0.1, 0.15) is 0 Å². The van der Waals surface area contributed by atoms with Gasteiger partial charge in [-0.05, 0) is 75.8 Å². The molecule has 0 saturated carbocycles. The van der Waals surface area contributed by atoms with Gasteiger partial charge in [0, 0.05) is 47.6 Å². The number of hydrogen-bond acceptors (Lipinski definition) is 5. The molecule has 11 aromatic rings. The van der Waals surface area contributed by atoms with Gasteiger partial charge in [0.05, 0.1) is 0 Å². The minimum absolute atomic E-state index is 0.596. The van der Waals surface area contributed by atoms with Crippen LogP contribution in [0.15, 0.2) is 192 Å². The molecule has 0 unspecified atom stereocenters. The Morgan fingerprint density at radius 3 is 1.73 bits per heavy atom. The molecule has 8 aromatic carbocycles. The van der Waals surface area contributed by atoms with Crippen molar-refractivity contribution >= 4 is 53.4 Å². The smallest absolute Gasteiger partial charge is 0.164 e. The van der Waals surface area contributed by atoms with Crippen LogP contribution in [-0.4, -0.2) is 15.0 Å². The number of benzene rings is 8. The Kier molecular flexibility index (Phi) is 7.64. The number of hydrogen-bond donors (Lipinski definition) is 0. The summed E-state index contributed by atoms with van der Waals surface area (Å²) < 4.78 is 9.25. The second kappa shape index (κ2) is 13.3. The Morgan fingerprint density at radius 1 is 0.321 bits per heavy atom. The van der Waals surface area contributed by atoms with Crippen molar-refractivity contribution < 1.29 is 4.42 Å². The minimum Gasteiger partial charge on any atom is -0.456 e. The molecule has 0 aliphatic heterocycles. The van der Waals surface area contributed by atoms with E-state index in [4.69, 9.17) is 19.4 Å². The highest BCUT2D eigenvalue weighted by molar-refractivity contribution is 7.26. The summed E-state index contributed by atoms with van der Waals surface area (Å²) >= 11 is 1.84. The highest BCUT2D eigenvalue weighted by Gasteiger charge is 2.20. The van der Waals surface area contributed by atoms with Gasteiger partial charge < -0.3 is 4.42 Å². The van der Waals surface area contributed by atoms with Gasteiger partial charge in [0.2, 0.25) is 0 Å². The Bertz CT molecular complexity index is 3240. The summed E-state index contributed by atoms with van der Waals surface area (Å²) in [6.45, 7) is 0. The highest BCUT2D eigenvalue weighted by Crippen LogP contribution is 2.45. The lowest BCUT2D eigenvalue weighted by atomic mass is 9.94. The van der Waals surface area contributed by atoms with Gasteiger partial charge in [0.15, 0.2) is 17.5 Å². The van der Waals surface area contributed by atoms with E-state index in [1.54, 1.807) is 0 Å². The molecule has 262 valence electrons. The first-order valence-corrected chi connectivity index (χ1v) is 19.5. The molecule has 0 amide bonds. The molecule has 0 aliphatic carbocycles. The van der Waals surface area contributed by atoms with Crippen LogP contribution in [0.25, 0.3) is 110 Å². The van der Waals surface area contributed by atoms with Gasteiger partial charge in [0.1, 0.15) is 11.2 Å². The fourth-order valence-electron chi connectivity index (χ4n) is 7.87. The van der Waals surface area contributed by atoms with Crippen molar-refractivity contribution in [3.63, 3.8) is 0 Å². The molecular formula is C51H31N3OS. The van der Waals surface area contributed by atoms with Crippen molar-refractivity contribution in [2.45, 2.75) is 0 Å². The highest BCUT2D eigenvalue weighted by atomic mass is 32.1. The molecule has 0 spiro atoms. The van der Waals surface area contributed by atoms with E-state index in [0.717, 1.165) is 55.3 Å². The molecule has 4 nitrogen and oxygen atoms in total. The molecule has 0 aliphatic rings. The SMILES string of the molecule is c1ccc(-c2cccc(-c3nc(-c4ccccc4)nc(-c4cccc5oc6cc(-c7cc(-c8ccccc8)cc8sc9ccccc9c78)ccc6c45)n3)c2)cc1. The lowest BCUT2D eigenvalue weighted by Crippen LogP contribution is -2.00. The number of furan rings is 1. The fraction of sp³-hybridized carbons (Fsp3) is 0. The van der Waals surface area contributed by atoms with Gasteiger partial charge in [0.25, 0.3) is 0 Å². The average molecular weight is 734 g/mol. The van der Waals surface area contributed by atoms with Crippen LogP contribution in [0.5, 0.6) is 0 Å². The van der Waals surface area contributed by atoms with E-state index in [1.807, 2.05) is 59.9 Å². The minimum atomic E-state index is 0.596. The molecule has 3 heterocycles. The van der Waals surface area contributed by atoms with Crippen LogP contribution >= 0.6 is 11.3 Å². The third-order valence-corrected chi connectivity index (χ3v) is 11.6. The summed E-state index contributed by atoms with van der Waals surface area (Å²) in [7, 11) is 0. The van der Waals surface area contributed by atoms with Crippen LogP contribution in [0.2, 0.25) is 0 Å². The van der Waals surface area contributed by atoms with Crippen LogP contribution in [-0.2, 0) is 0 Å². The largest absolute Gasteiger partial charge is 0.456 e. The molecule has 5 heteroatoms. The van der Waals surface area contributed by atoms with E-state index in [1.165, 1.54) is 36.9 Å². The van der Waals surface area contributed by atoms with Crippen molar-refractivity contribution in [2.24, 2.45) is 0 Å². The first kappa shape index (κ1) is 32.2. The Balaban J connectivity index is 1.09. The van der Waals surface area contributed by atoms with Crippen molar-refractivity contribution in [1.82, 2.24) is 15.0 Å². The zero-order valence-electron chi connectivity index (χ0n) is 30.1. The molecule has 0 atom stereocenters. The first-order chi connectivity index (χ1) is 27.7. The second-order valence-electron chi connectivity index (χ2n) is 14.0. The van der Waals surface area contributed by atoms with E-state index < -0.39 is 0 Å². The lowest BCUT2D eigenvalue weighted by Gasteiger charge is -2.11. The third kappa shape index (κ3) is 5.56. The van der Waals surface area contributed by atoms with Crippen LogP contribution in [0.4, 0.5) is 0 Å². The molecule has 0 bridgehead atoms. The molecule has 0 N–H and O–H groups in total. The van der Waals surface area contributed by atoms with Crippen molar-refractivity contribution in [3.8, 4) is 67.5 Å². The summed E-state index contributed by atoms with van der Waals surface area (Å²) in [5.41, 5.74) is 11.3. The third-order valence-electron chi connectivity index (χ3n) is 10.5. The monoisotopic (exact) mass is 733 g/mol. The zero-order valence-corrected chi connectivity index (χ0v) is 30.9. The van der Waals surface area contributed by atoms with Crippen LogP contribution in [0, 0.1) is 0 Å². The van der Waals surface area contributed by atoms with E-state index in [9.17, 15) is 0 Å². The van der Waals surface area contributed by atoms with Crippen molar-refractivity contribution in [3.05, 3.63) is 188 Å². The van der Waals surface area contributed by atoms with Crippen molar-refractivity contribution in [1.29, 1.82) is 0 Å². The van der Waals surface area contributed by atoms with E-state index in [0.29, 0.717) is 17.5 Å². The standard InChI is InChI=1S/C51H31N3OS/c1-4-14-32(15-5-1)35-20-12-21-37(28-35)50-52-49(34-18-8-3-9-19-34)53-51(54-50)41-23-13-24-43-47(41)39-27-26-36(30-44(39)55-43)42-29-38(33-16-6-2-7-17-33)31-46-48(42)40-22-10-11-25-45(40)56-46/h1-31H. The van der Waals surface area contributed by atoms with Crippen molar-refractivity contribution in [2.75, 3.05) is 0 Å². The van der Waals surface area contributed by atoms with Gasteiger partial charge in [-0.1, -0.05) is 146 Å². The number of rotatable bonds is 6. The topological polar surface area (TPSA) is 51.8 Å². The second-order valence-corrected chi connectivity index (χ2v) is 15.1. The fourth-order valence-corrected chi connectivity index (χ4v) is 9.04. The summed E-state index contributed by atoms with van der Waals surface area (Å²) in [6.07, 6.45) is 0. The normalized spacial score (nSPS) is 11.6. The number of fused-ring (bicyclic) bond motifs is 6. The average Bonchev–Trinajstić information content (AvgIpc) is 3.85. The van der Waals surface area contributed by atoms with Crippen LogP contribution < -0.4 is 0 Å². The van der Waals surface area contributed by atoms with Gasteiger partial charge in [-0.15, -0.1) is 11.3 Å². The van der Waals surface area contributed by atoms with Gasteiger partial charge in [-0.25, -0.2) is 15.0 Å². The predicted octanol–water partition coefficient (Wildman–Crippen LogP) is 14.1. The number of aromatic nitrogens is 3.